The van der Waals surface area contributed by atoms with Crippen LogP contribution in [0, 0.1) is 17.0 Å². The third-order valence-corrected chi connectivity index (χ3v) is 2.81. The molecule has 1 heterocycles. The quantitative estimate of drug-likeness (QED) is 0.473. The maximum absolute atomic E-state index is 12.0. The molecule has 0 aliphatic rings. The molecule has 2 rings (SSSR count). The van der Waals surface area contributed by atoms with Crippen molar-refractivity contribution in [2.75, 3.05) is 7.11 Å². The number of Topliss-reactive ketones (excluding diaryl/α,β-unsaturated/α-hetero) is 1. The molecule has 0 amide bonds. The Labute approximate surface area is 114 Å². The van der Waals surface area contributed by atoms with Gasteiger partial charge in [0.1, 0.15) is 12.3 Å². The summed E-state index contributed by atoms with van der Waals surface area (Å²) in [4.78, 5) is 22.2. The van der Waals surface area contributed by atoms with E-state index in [-0.39, 0.29) is 18.1 Å². The maximum Gasteiger partial charge on any atom is 0.392 e. The number of hydrogen-bond acceptors (Lipinski definition) is 5. The van der Waals surface area contributed by atoms with Crippen LogP contribution in [-0.2, 0) is 6.54 Å². The van der Waals surface area contributed by atoms with Gasteiger partial charge in [0.05, 0.1) is 24.0 Å². The van der Waals surface area contributed by atoms with Crippen LogP contribution in [0.4, 0.5) is 5.82 Å². The van der Waals surface area contributed by atoms with Crippen molar-refractivity contribution >= 4 is 11.6 Å². The summed E-state index contributed by atoms with van der Waals surface area (Å²) in [5, 5.41) is 14.5. The summed E-state index contributed by atoms with van der Waals surface area (Å²) in [7, 11) is 1.54. The smallest absolute Gasteiger partial charge is 0.392 e. The molecule has 7 nitrogen and oxygen atoms in total. The van der Waals surface area contributed by atoms with Gasteiger partial charge in [-0.15, -0.1) is 0 Å². The van der Waals surface area contributed by atoms with Crippen molar-refractivity contribution in [1.82, 2.24) is 9.78 Å². The summed E-state index contributed by atoms with van der Waals surface area (Å²) in [6, 6.07) is 6.66. The minimum atomic E-state index is -0.566. The van der Waals surface area contributed by atoms with Gasteiger partial charge in [0.2, 0.25) is 0 Å². The van der Waals surface area contributed by atoms with Crippen LogP contribution in [0.25, 0.3) is 0 Å². The highest BCUT2D eigenvalue weighted by Crippen LogP contribution is 2.15. The van der Waals surface area contributed by atoms with E-state index in [1.54, 1.807) is 38.3 Å². The van der Waals surface area contributed by atoms with Gasteiger partial charge in [0, 0.05) is 5.56 Å². The Morgan fingerprint density at radius 2 is 2.05 bits per heavy atom. The first-order valence-electron chi connectivity index (χ1n) is 5.87. The summed E-state index contributed by atoms with van der Waals surface area (Å²) < 4.78 is 6.29. The first-order valence-corrected chi connectivity index (χ1v) is 5.87. The number of carbonyl (C=O) groups is 1. The number of nitrogens with zero attached hydrogens (tertiary/aromatic N) is 3. The molecule has 0 radical (unpaired) electrons. The molecule has 0 saturated carbocycles. The molecule has 0 fully saturated rings. The molecule has 0 atom stereocenters. The number of ether oxygens (including phenoxy) is 1. The lowest BCUT2D eigenvalue weighted by Crippen LogP contribution is -2.11. The van der Waals surface area contributed by atoms with Crippen LogP contribution in [0.3, 0.4) is 0 Å². The molecule has 0 unspecified atom stereocenters. The number of benzene rings is 1. The number of aromatic nitrogens is 2. The average molecular weight is 275 g/mol. The van der Waals surface area contributed by atoms with Gasteiger partial charge in [-0.25, -0.2) is 0 Å². The molecule has 0 spiro atoms. The van der Waals surface area contributed by atoms with Crippen LogP contribution >= 0.6 is 0 Å². The van der Waals surface area contributed by atoms with Crippen molar-refractivity contribution in [3.8, 4) is 5.75 Å². The van der Waals surface area contributed by atoms with Crippen molar-refractivity contribution in [3.05, 3.63) is 51.7 Å². The molecule has 0 aliphatic heterocycles. The van der Waals surface area contributed by atoms with Gasteiger partial charge in [-0.1, -0.05) is 0 Å². The molecule has 1 aromatic carbocycles. The summed E-state index contributed by atoms with van der Waals surface area (Å²) in [5.74, 6) is 0.254. The maximum atomic E-state index is 12.0. The second-order valence-corrected chi connectivity index (χ2v) is 4.24. The molecule has 2 aromatic rings. The van der Waals surface area contributed by atoms with Crippen LogP contribution in [0.2, 0.25) is 0 Å². The van der Waals surface area contributed by atoms with E-state index in [1.807, 2.05) is 0 Å². The molecule has 0 bridgehead atoms. The number of aryl methyl sites for hydroxylation is 1. The van der Waals surface area contributed by atoms with E-state index in [0.29, 0.717) is 16.9 Å². The SMILES string of the molecule is COc1ccc(C(=O)Cn2cc(C)c([N+](=O)[O-])n2)cc1. The normalized spacial score (nSPS) is 10.3. The van der Waals surface area contributed by atoms with E-state index in [1.165, 1.54) is 10.9 Å². The molecule has 104 valence electrons. The van der Waals surface area contributed by atoms with E-state index >= 15 is 0 Å². The first kappa shape index (κ1) is 13.7. The van der Waals surface area contributed by atoms with E-state index in [4.69, 9.17) is 4.74 Å². The lowest BCUT2D eigenvalue weighted by atomic mass is 10.1. The average Bonchev–Trinajstić information content (AvgIpc) is 2.79. The zero-order chi connectivity index (χ0) is 14.7. The lowest BCUT2D eigenvalue weighted by molar-refractivity contribution is -0.390. The molecule has 1 aromatic heterocycles. The molecule has 20 heavy (non-hydrogen) atoms. The minimum absolute atomic E-state index is 0.0407. The Hall–Kier alpha value is -2.70. The fourth-order valence-corrected chi connectivity index (χ4v) is 1.79. The zero-order valence-electron chi connectivity index (χ0n) is 11.1. The highest BCUT2D eigenvalue weighted by molar-refractivity contribution is 5.95. The summed E-state index contributed by atoms with van der Waals surface area (Å²) in [6.45, 7) is 1.54. The Bertz CT molecular complexity index is 646. The molecule has 0 aliphatic carbocycles. The fourth-order valence-electron chi connectivity index (χ4n) is 1.79. The molecule has 0 saturated heterocycles. The second-order valence-electron chi connectivity index (χ2n) is 4.24. The number of rotatable bonds is 5. The lowest BCUT2D eigenvalue weighted by Gasteiger charge is -2.01. The zero-order valence-corrected chi connectivity index (χ0v) is 11.1. The summed E-state index contributed by atoms with van der Waals surface area (Å²) in [5.41, 5.74) is 0.930. The van der Waals surface area contributed by atoms with Crippen molar-refractivity contribution < 1.29 is 14.5 Å². The highest BCUT2D eigenvalue weighted by Gasteiger charge is 2.19. The van der Waals surface area contributed by atoms with Gasteiger partial charge in [0.15, 0.2) is 5.78 Å². The first-order chi connectivity index (χ1) is 9.51. The Balaban J connectivity index is 2.14. The standard InChI is InChI=1S/C13H13N3O4/c1-9-7-15(14-13(9)16(18)19)8-12(17)10-3-5-11(20-2)6-4-10/h3-7H,8H2,1-2H3. The number of carbonyl (C=O) groups excluding carboxylic acids is 1. The van der Waals surface area contributed by atoms with Crippen molar-refractivity contribution in [2.45, 2.75) is 13.5 Å². The third kappa shape index (κ3) is 2.82. The molecular formula is C13H13N3O4. The van der Waals surface area contributed by atoms with Gasteiger partial charge in [-0.2, -0.15) is 4.68 Å². The van der Waals surface area contributed by atoms with Gasteiger partial charge in [-0.05, 0) is 36.1 Å². The van der Waals surface area contributed by atoms with Crippen LogP contribution in [0.5, 0.6) is 5.75 Å². The number of ketones is 1. The van der Waals surface area contributed by atoms with Gasteiger partial charge in [-0.3, -0.25) is 4.79 Å². The summed E-state index contributed by atoms with van der Waals surface area (Å²) in [6.07, 6.45) is 1.49. The van der Waals surface area contributed by atoms with Gasteiger partial charge < -0.3 is 14.9 Å². The second kappa shape index (κ2) is 5.52. The third-order valence-electron chi connectivity index (χ3n) is 2.81. The van der Waals surface area contributed by atoms with Crippen LogP contribution < -0.4 is 4.74 Å². The fraction of sp³-hybridized carbons (Fsp3) is 0.231. The monoisotopic (exact) mass is 275 g/mol. The van der Waals surface area contributed by atoms with Crippen molar-refractivity contribution in [3.63, 3.8) is 0 Å². The summed E-state index contributed by atoms with van der Waals surface area (Å²) >= 11 is 0. The van der Waals surface area contributed by atoms with Crippen molar-refractivity contribution in [1.29, 1.82) is 0 Å². The topological polar surface area (TPSA) is 87.3 Å². The molecule has 0 N–H and O–H groups in total. The number of hydrogen-bond donors (Lipinski definition) is 0. The molecular weight excluding hydrogens is 262 g/mol. The predicted octanol–water partition coefficient (Wildman–Crippen LogP) is 1.99. The van der Waals surface area contributed by atoms with E-state index in [9.17, 15) is 14.9 Å². The Morgan fingerprint density at radius 1 is 1.40 bits per heavy atom. The minimum Gasteiger partial charge on any atom is -0.497 e. The van der Waals surface area contributed by atoms with Crippen LogP contribution in [0.1, 0.15) is 15.9 Å². The predicted molar refractivity (Wildman–Crippen MR) is 70.9 cm³/mol. The Morgan fingerprint density at radius 3 is 2.55 bits per heavy atom. The van der Waals surface area contributed by atoms with Crippen LogP contribution in [0.15, 0.2) is 30.5 Å². The van der Waals surface area contributed by atoms with Gasteiger partial charge >= 0.3 is 5.82 Å². The Kier molecular flexibility index (Phi) is 3.79. The molecule has 7 heteroatoms. The largest absolute Gasteiger partial charge is 0.497 e. The number of nitro groups is 1. The highest BCUT2D eigenvalue weighted by atomic mass is 16.6. The van der Waals surface area contributed by atoms with Gasteiger partial charge in [0.25, 0.3) is 0 Å². The van der Waals surface area contributed by atoms with E-state index in [0.717, 1.165) is 0 Å². The number of methoxy groups -OCH3 is 1. The van der Waals surface area contributed by atoms with E-state index in [2.05, 4.69) is 5.10 Å². The van der Waals surface area contributed by atoms with Crippen molar-refractivity contribution in [2.24, 2.45) is 0 Å². The van der Waals surface area contributed by atoms with Crippen LogP contribution in [-0.4, -0.2) is 27.6 Å². The van der Waals surface area contributed by atoms with E-state index < -0.39 is 4.92 Å².